The number of primary amides is 1. The van der Waals surface area contributed by atoms with Crippen molar-refractivity contribution in [2.45, 2.75) is 42.9 Å². The molecular weight excluding hydrogens is 462 g/mol. The van der Waals surface area contributed by atoms with Gasteiger partial charge in [-0.25, -0.2) is 8.42 Å². The highest BCUT2D eigenvalue weighted by atomic mass is 32.2. The van der Waals surface area contributed by atoms with Crippen LogP contribution in [0.3, 0.4) is 0 Å². The van der Waals surface area contributed by atoms with Gasteiger partial charge in [0, 0.05) is 24.2 Å². The summed E-state index contributed by atoms with van der Waals surface area (Å²) in [6.45, 7) is 11.7. The topological polar surface area (TPSA) is 130 Å². The molecule has 2 aromatic rings. The molecule has 0 aliphatic carbocycles. The number of nitrogens with zero attached hydrogens (tertiary/aromatic N) is 1. The fourth-order valence-corrected chi connectivity index (χ4v) is 6.94. The van der Waals surface area contributed by atoms with Gasteiger partial charge in [0.15, 0.2) is 0 Å². The Labute approximate surface area is 198 Å². The van der Waals surface area contributed by atoms with Crippen LogP contribution in [0.15, 0.2) is 47.2 Å². The average molecular weight is 492 g/mol. The molecule has 1 atom stereocenters. The van der Waals surface area contributed by atoms with Gasteiger partial charge in [0.05, 0.1) is 0 Å². The lowest BCUT2D eigenvalue weighted by atomic mass is 9.84. The van der Waals surface area contributed by atoms with Crippen LogP contribution in [-0.2, 0) is 14.6 Å². The molecule has 1 fully saturated rings. The van der Waals surface area contributed by atoms with Gasteiger partial charge in [-0.1, -0.05) is 38.1 Å². The van der Waals surface area contributed by atoms with E-state index in [4.69, 9.17) is 5.73 Å². The molecule has 1 aliphatic rings. The van der Waals surface area contributed by atoms with Crippen molar-refractivity contribution in [3.63, 3.8) is 0 Å². The lowest BCUT2D eigenvalue weighted by Gasteiger charge is -2.48. The van der Waals surface area contributed by atoms with Gasteiger partial charge in [-0.3, -0.25) is 14.5 Å². The van der Waals surface area contributed by atoms with E-state index in [1.807, 2.05) is 4.90 Å². The van der Waals surface area contributed by atoms with Crippen LogP contribution in [0.2, 0.25) is 0 Å². The number of likely N-dealkylation sites (tertiary alicyclic amines) is 1. The van der Waals surface area contributed by atoms with E-state index < -0.39 is 32.6 Å². The Balaban J connectivity index is 2.13. The Hall–Kier alpha value is -2.53. The summed E-state index contributed by atoms with van der Waals surface area (Å²) in [4.78, 5) is 26.3. The third-order valence-corrected chi connectivity index (χ3v) is 8.99. The molecule has 2 amide bonds. The number of nitrogens with one attached hydrogen (secondary N) is 1. The van der Waals surface area contributed by atoms with Crippen LogP contribution in [0.4, 0.5) is 5.00 Å². The molecule has 178 valence electrons. The third-order valence-electron chi connectivity index (χ3n) is 5.40. The molecule has 0 radical (unpaired) electrons. The zero-order valence-electron chi connectivity index (χ0n) is 19.1. The van der Waals surface area contributed by atoms with E-state index in [1.165, 1.54) is 32.1 Å². The van der Waals surface area contributed by atoms with Gasteiger partial charge < -0.3 is 16.2 Å². The molecule has 1 aliphatic heterocycles. The zero-order chi connectivity index (χ0) is 24.8. The second-order valence-corrected chi connectivity index (χ2v) is 12.8. The van der Waals surface area contributed by atoms with E-state index in [0.29, 0.717) is 24.2 Å². The number of anilines is 1. The molecule has 1 aromatic carbocycles. The molecule has 0 bridgehead atoms. The molecule has 33 heavy (non-hydrogen) atoms. The number of sulfone groups is 1. The highest BCUT2D eigenvalue weighted by Gasteiger charge is 2.43. The maximum absolute atomic E-state index is 13.6. The summed E-state index contributed by atoms with van der Waals surface area (Å²) in [6, 6.07) is 7.91. The van der Waals surface area contributed by atoms with Crippen molar-refractivity contribution in [3.8, 4) is 11.1 Å². The zero-order valence-corrected chi connectivity index (χ0v) is 20.7. The van der Waals surface area contributed by atoms with E-state index >= 15 is 0 Å². The van der Waals surface area contributed by atoms with E-state index in [1.54, 1.807) is 18.2 Å². The first kappa shape index (κ1) is 25.1. The molecule has 10 heteroatoms. The van der Waals surface area contributed by atoms with Gasteiger partial charge in [0.25, 0.3) is 5.91 Å². The highest BCUT2D eigenvalue weighted by molar-refractivity contribution is 7.94. The summed E-state index contributed by atoms with van der Waals surface area (Å²) in [5.41, 5.74) is 4.74. The molecule has 8 nitrogen and oxygen atoms in total. The number of hydrogen-bond acceptors (Lipinski definition) is 7. The lowest BCUT2D eigenvalue weighted by Crippen LogP contribution is -2.58. The third kappa shape index (κ3) is 5.03. The number of thiophene rings is 1. The number of aliphatic hydroxyl groups is 1. The number of hydrogen-bond donors (Lipinski definition) is 3. The van der Waals surface area contributed by atoms with Crippen LogP contribution in [0.5, 0.6) is 0 Å². The Morgan fingerprint density at radius 1 is 1.27 bits per heavy atom. The minimum atomic E-state index is -3.88. The standard InChI is InChI=1S/C23H29N3O5S2/c1-6-17(26-12-22(2,3)13-26)33(30,31)18-11-16(14-9-7-8-10-15(14)19(24)27)20(32-18)25-21(28)23(4,5)29/h6-11,17,29H,1,12-13H2,2-5H3,(H2,24,27)(H,25,28). The number of rotatable bonds is 8. The molecule has 1 unspecified atom stereocenters. The van der Waals surface area contributed by atoms with Crippen molar-refractivity contribution >= 4 is 38.0 Å². The minimum Gasteiger partial charge on any atom is -0.381 e. The van der Waals surface area contributed by atoms with Crippen LogP contribution in [0.25, 0.3) is 11.1 Å². The molecule has 3 rings (SSSR count). The van der Waals surface area contributed by atoms with Gasteiger partial charge in [-0.05, 0) is 37.0 Å². The summed E-state index contributed by atoms with van der Waals surface area (Å²) < 4.78 is 27.1. The van der Waals surface area contributed by atoms with Crippen molar-refractivity contribution in [2.24, 2.45) is 11.1 Å². The molecule has 2 heterocycles. The second kappa shape index (κ2) is 8.68. The van der Waals surface area contributed by atoms with E-state index in [0.717, 1.165) is 11.3 Å². The summed E-state index contributed by atoms with van der Waals surface area (Å²) >= 11 is 0.864. The van der Waals surface area contributed by atoms with Crippen molar-refractivity contribution in [1.82, 2.24) is 4.90 Å². The van der Waals surface area contributed by atoms with Crippen LogP contribution < -0.4 is 11.1 Å². The van der Waals surface area contributed by atoms with Crippen molar-refractivity contribution in [2.75, 3.05) is 18.4 Å². The number of carbonyl (C=O) groups excluding carboxylic acids is 2. The maximum Gasteiger partial charge on any atom is 0.256 e. The number of benzene rings is 1. The molecule has 4 N–H and O–H groups in total. The van der Waals surface area contributed by atoms with Gasteiger partial charge in [-0.15, -0.1) is 17.9 Å². The summed E-state index contributed by atoms with van der Waals surface area (Å²) in [5, 5.41) is 12.0. The van der Waals surface area contributed by atoms with Gasteiger partial charge in [0.1, 0.15) is 20.2 Å². The van der Waals surface area contributed by atoms with Gasteiger partial charge in [-0.2, -0.15) is 0 Å². The van der Waals surface area contributed by atoms with E-state index in [-0.39, 0.29) is 20.2 Å². The first-order chi connectivity index (χ1) is 15.2. The second-order valence-electron chi connectivity index (χ2n) is 9.47. The van der Waals surface area contributed by atoms with Crippen LogP contribution in [-0.4, -0.2) is 54.3 Å². The SMILES string of the molecule is C=CC(N1CC(C)(C)C1)S(=O)(=O)c1cc(-c2ccccc2C(N)=O)c(NC(=O)C(C)(C)O)s1. The van der Waals surface area contributed by atoms with Crippen molar-refractivity contribution in [1.29, 1.82) is 0 Å². The van der Waals surface area contributed by atoms with Crippen molar-refractivity contribution < 1.29 is 23.1 Å². The first-order valence-corrected chi connectivity index (χ1v) is 12.7. The normalized spacial score (nSPS) is 17.1. The summed E-state index contributed by atoms with van der Waals surface area (Å²) in [5.74, 6) is -1.40. The summed E-state index contributed by atoms with van der Waals surface area (Å²) in [6.07, 6.45) is 1.40. The maximum atomic E-state index is 13.6. The number of carbonyl (C=O) groups is 2. The monoisotopic (exact) mass is 491 g/mol. The predicted molar refractivity (Wildman–Crippen MR) is 130 cm³/mol. The van der Waals surface area contributed by atoms with E-state index in [2.05, 4.69) is 25.7 Å². The molecular formula is C23H29N3O5S2. The summed E-state index contributed by atoms with van der Waals surface area (Å²) in [7, 11) is -3.88. The van der Waals surface area contributed by atoms with Crippen LogP contribution in [0.1, 0.15) is 38.1 Å². The molecule has 0 saturated carbocycles. The lowest BCUT2D eigenvalue weighted by molar-refractivity contribution is -0.130. The highest BCUT2D eigenvalue weighted by Crippen LogP contribution is 2.43. The fourth-order valence-electron chi connectivity index (χ4n) is 3.81. The van der Waals surface area contributed by atoms with Crippen LogP contribution >= 0.6 is 11.3 Å². The Bertz CT molecular complexity index is 1200. The Kier molecular flexibility index (Phi) is 6.60. The largest absolute Gasteiger partial charge is 0.381 e. The predicted octanol–water partition coefficient (Wildman–Crippen LogP) is 2.85. The fraction of sp³-hybridized carbons (Fsp3) is 0.391. The van der Waals surface area contributed by atoms with Gasteiger partial charge in [0.2, 0.25) is 15.7 Å². The average Bonchev–Trinajstić information content (AvgIpc) is 3.10. The smallest absolute Gasteiger partial charge is 0.256 e. The first-order valence-electron chi connectivity index (χ1n) is 10.3. The van der Waals surface area contributed by atoms with Crippen LogP contribution in [0, 0.1) is 5.41 Å². The number of amides is 2. The van der Waals surface area contributed by atoms with Gasteiger partial charge >= 0.3 is 0 Å². The molecule has 0 spiro atoms. The molecule has 1 aromatic heterocycles. The minimum absolute atomic E-state index is 0.0115. The van der Waals surface area contributed by atoms with Crippen molar-refractivity contribution in [3.05, 3.63) is 48.6 Å². The quantitative estimate of drug-likeness (QED) is 0.487. The number of nitrogens with two attached hydrogens (primary N) is 1. The molecule has 1 saturated heterocycles. The Morgan fingerprint density at radius 3 is 2.39 bits per heavy atom. The Morgan fingerprint density at radius 2 is 1.88 bits per heavy atom. The van der Waals surface area contributed by atoms with E-state index in [9.17, 15) is 23.1 Å².